The van der Waals surface area contributed by atoms with Crippen molar-refractivity contribution in [1.82, 2.24) is 14.8 Å². The third kappa shape index (κ3) is 2.31. The average Bonchev–Trinajstić information content (AvgIpc) is 2.99. The molecule has 6 heteroatoms. The maximum Gasteiger partial charge on any atom is 0.336 e. The smallest absolute Gasteiger partial charge is 0.336 e. The first-order chi connectivity index (χ1) is 11.1. The summed E-state index contributed by atoms with van der Waals surface area (Å²) in [6.45, 7) is 2.04. The summed E-state index contributed by atoms with van der Waals surface area (Å²) in [5.41, 5.74) is 4.05. The molecule has 3 aromatic rings. The largest absolute Gasteiger partial charge is 0.478 e. The minimum atomic E-state index is -0.912. The van der Waals surface area contributed by atoms with E-state index in [4.69, 9.17) is 0 Å². The molecule has 0 bridgehead atoms. The molecule has 0 fully saturated rings. The Labute approximate surface area is 137 Å². The molecule has 114 valence electrons. The van der Waals surface area contributed by atoms with Gasteiger partial charge in [-0.25, -0.2) is 14.5 Å². The van der Waals surface area contributed by atoms with Crippen LogP contribution in [0.15, 0.2) is 47.6 Å². The van der Waals surface area contributed by atoms with Gasteiger partial charge in [-0.1, -0.05) is 47.7 Å². The lowest BCUT2D eigenvalue weighted by atomic mass is 10.1. The molecule has 0 amide bonds. The fourth-order valence-electron chi connectivity index (χ4n) is 2.63. The van der Waals surface area contributed by atoms with E-state index in [9.17, 15) is 9.90 Å². The first kappa shape index (κ1) is 14.0. The molecule has 1 aliphatic heterocycles. The molecule has 0 unspecified atom stereocenters. The zero-order valence-corrected chi connectivity index (χ0v) is 13.2. The Morgan fingerprint density at radius 2 is 2.00 bits per heavy atom. The summed E-state index contributed by atoms with van der Waals surface area (Å²) in [5.74, 6) is 0.329. The number of hydrogen-bond acceptors (Lipinski definition) is 4. The van der Waals surface area contributed by atoms with Crippen LogP contribution in [0.1, 0.15) is 21.5 Å². The Balaban J connectivity index is 1.85. The van der Waals surface area contributed by atoms with Gasteiger partial charge >= 0.3 is 5.97 Å². The Bertz CT molecular complexity index is 916. The third-order valence-electron chi connectivity index (χ3n) is 3.84. The molecule has 0 saturated heterocycles. The molecule has 2 aromatic carbocycles. The van der Waals surface area contributed by atoms with Gasteiger partial charge in [-0.2, -0.15) is 0 Å². The van der Waals surface area contributed by atoms with Crippen molar-refractivity contribution in [2.75, 3.05) is 0 Å². The first-order valence-corrected chi connectivity index (χ1v) is 8.14. The summed E-state index contributed by atoms with van der Waals surface area (Å²) in [6.07, 6.45) is 0. The number of aromatic nitrogens is 3. The number of benzene rings is 2. The van der Waals surface area contributed by atoms with Crippen LogP contribution in [-0.2, 0) is 5.75 Å². The zero-order valence-electron chi connectivity index (χ0n) is 12.4. The second-order valence-corrected chi connectivity index (χ2v) is 6.34. The summed E-state index contributed by atoms with van der Waals surface area (Å²) in [6, 6.07) is 13.3. The molecule has 1 aromatic heterocycles. The van der Waals surface area contributed by atoms with Crippen molar-refractivity contribution in [2.24, 2.45) is 0 Å². The molecular formula is C17H13N3O2S. The van der Waals surface area contributed by atoms with Gasteiger partial charge in [0.05, 0.1) is 11.3 Å². The summed E-state index contributed by atoms with van der Waals surface area (Å²) in [5, 5.41) is 14.7. The van der Waals surface area contributed by atoms with Crippen LogP contribution in [0.4, 0.5) is 0 Å². The first-order valence-electron chi connectivity index (χ1n) is 7.16. The van der Waals surface area contributed by atoms with Crippen LogP contribution in [0.3, 0.4) is 0 Å². The molecule has 0 atom stereocenters. The Morgan fingerprint density at radius 1 is 1.22 bits per heavy atom. The van der Waals surface area contributed by atoms with Crippen LogP contribution in [0.5, 0.6) is 0 Å². The van der Waals surface area contributed by atoms with Gasteiger partial charge < -0.3 is 5.11 Å². The highest BCUT2D eigenvalue weighted by atomic mass is 32.2. The minimum Gasteiger partial charge on any atom is -0.478 e. The zero-order chi connectivity index (χ0) is 16.0. The van der Waals surface area contributed by atoms with Crippen molar-refractivity contribution in [3.63, 3.8) is 0 Å². The molecule has 0 aliphatic carbocycles. The summed E-state index contributed by atoms with van der Waals surface area (Å²) in [4.78, 5) is 16.0. The lowest BCUT2D eigenvalue weighted by Crippen LogP contribution is -2.12. The number of rotatable bonds is 2. The van der Waals surface area contributed by atoms with Crippen LogP contribution in [0.2, 0.25) is 0 Å². The molecule has 1 aliphatic rings. The average molecular weight is 323 g/mol. The Morgan fingerprint density at radius 3 is 2.74 bits per heavy atom. The van der Waals surface area contributed by atoms with Crippen molar-refractivity contribution < 1.29 is 9.90 Å². The second-order valence-electron chi connectivity index (χ2n) is 5.39. The third-order valence-corrected chi connectivity index (χ3v) is 4.80. The predicted molar refractivity (Wildman–Crippen MR) is 88.1 cm³/mol. The molecule has 0 saturated carbocycles. The number of aromatic carboxylic acids is 1. The van der Waals surface area contributed by atoms with E-state index in [0.717, 1.165) is 22.0 Å². The van der Waals surface area contributed by atoms with Crippen molar-refractivity contribution in [2.45, 2.75) is 17.8 Å². The van der Waals surface area contributed by atoms with E-state index in [1.165, 1.54) is 17.3 Å². The lowest BCUT2D eigenvalue weighted by molar-refractivity contribution is 0.0696. The molecule has 1 N–H and O–H groups in total. The van der Waals surface area contributed by atoms with E-state index in [1.54, 1.807) is 16.8 Å². The fraction of sp³-hybridized carbons (Fsp3) is 0.118. The quantitative estimate of drug-likeness (QED) is 0.781. The number of nitrogens with zero attached hydrogens (tertiary/aromatic N) is 3. The second kappa shape index (κ2) is 5.24. The number of carbonyl (C=O) groups is 1. The van der Waals surface area contributed by atoms with Crippen molar-refractivity contribution in [3.8, 4) is 17.1 Å². The van der Waals surface area contributed by atoms with E-state index >= 15 is 0 Å². The summed E-state index contributed by atoms with van der Waals surface area (Å²) in [7, 11) is 0. The van der Waals surface area contributed by atoms with E-state index in [-0.39, 0.29) is 0 Å². The molecule has 0 radical (unpaired) electrons. The Hall–Kier alpha value is -2.60. The van der Waals surface area contributed by atoms with E-state index < -0.39 is 5.97 Å². The van der Waals surface area contributed by atoms with Crippen molar-refractivity contribution in [1.29, 1.82) is 0 Å². The van der Waals surface area contributed by atoms with Crippen LogP contribution in [0.25, 0.3) is 17.1 Å². The minimum absolute atomic E-state index is 0.327. The van der Waals surface area contributed by atoms with Crippen molar-refractivity contribution >= 4 is 17.7 Å². The van der Waals surface area contributed by atoms with Gasteiger partial charge in [0, 0.05) is 16.9 Å². The number of carboxylic acids is 1. The monoisotopic (exact) mass is 323 g/mol. The number of hydrogen-bond donors (Lipinski definition) is 1. The number of carboxylic acid groups (broad SMARTS) is 1. The van der Waals surface area contributed by atoms with Crippen molar-refractivity contribution in [3.05, 3.63) is 59.2 Å². The lowest BCUT2D eigenvalue weighted by Gasteiger charge is -2.17. The van der Waals surface area contributed by atoms with Gasteiger partial charge in [-0.05, 0) is 19.1 Å². The van der Waals surface area contributed by atoms with E-state index in [2.05, 4.69) is 10.1 Å². The Kier molecular flexibility index (Phi) is 3.20. The maximum absolute atomic E-state index is 11.4. The highest BCUT2D eigenvalue weighted by molar-refractivity contribution is 7.98. The molecule has 4 rings (SSSR count). The van der Waals surface area contributed by atoms with Crippen LogP contribution in [-0.4, -0.2) is 25.8 Å². The normalized spacial score (nSPS) is 12.6. The highest BCUT2D eigenvalue weighted by Gasteiger charge is 2.24. The number of thioether (sulfide) groups is 1. The molecule has 0 spiro atoms. The standard InChI is InChI=1S/C17H13N3O2S/c1-10-5-7-11(8-6-10)15-18-17-20(19-15)14-4-2-3-12(16(21)22)13(14)9-23-17/h2-8H,9H2,1H3,(H,21,22). The topological polar surface area (TPSA) is 68.0 Å². The fourth-order valence-corrected chi connectivity index (χ4v) is 3.62. The molecule has 5 nitrogen and oxygen atoms in total. The summed E-state index contributed by atoms with van der Waals surface area (Å²) >= 11 is 1.51. The maximum atomic E-state index is 11.4. The highest BCUT2D eigenvalue weighted by Crippen LogP contribution is 2.35. The van der Waals surface area contributed by atoms with Crippen LogP contribution < -0.4 is 0 Å². The van der Waals surface area contributed by atoms with Crippen LogP contribution in [0, 0.1) is 6.92 Å². The van der Waals surface area contributed by atoms with E-state index in [0.29, 0.717) is 17.1 Å². The van der Waals surface area contributed by atoms with E-state index in [1.807, 2.05) is 37.3 Å². The molecule has 2 heterocycles. The number of fused-ring (bicyclic) bond motifs is 3. The van der Waals surface area contributed by atoms with Gasteiger partial charge in [-0.3, -0.25) is 0 Å². The van der Waals surface area contributed by atoms with Gasteiger partial charge in [0.25, 0.3) is 0 Å². The van der Waals surface area contributed by atoms with Gasteiger partial charge in [0.1, 0.15) is 0 Å². The summed E-state index contributed by atoms with van der Waals surface area (Å²) < 4.78 is 1.74. The number of aryl methyl sites for hydroxylation is 1. The van der Waals surface area contributed by atoms with Crippen LogP contribution >= 0.6 is 11.8 Å². The molecule has 23 heavy (non-hydrogen) atoms. The molecular weight excluding hydrogens is 310 g/mol. The predicted octanol–water partition coefficient (Wildman–Crippen LogP) is 3.55. The SMILES string of the molecule is Cc1ccc(-c2nc3n(n2)-c2cccc(C(=O)O)c2CS3)cc1. The van der Waals surface area contributed by atoms with Gasteiger partial charge in [0.15, 0.2) is 11.0 Å². The van der Waals surface area contributed by atoms with Gasteiger partial charge in [-0.15, -0.1) is 5.10 Å². The van der Waals surface area contributed by atoms with Gasteiger partial charge in [0.2, 0.25) is 0 Å².